The standard InChI is InChI=1S/C26H26N2O3/c1-2-23-26(30)27(22-15-9-10-16-24(22)31-23)18-17-25(29)28(21-13-7-4-8-14-21)19-20-11-5-3-6-12-20/h3-16,23H,2,17-19H2,1H3. The van der Waals surface area contributed by atoms with Crippen molar-refractivity contribution in [1.29, 1.82) is 0 Å². The number of benzene rings is 3. The highest BCUT2D eigenvalue weighted by molar-refractivity contribution is 6.01. The van der Waals surface area contributed by atoms with Gasteiger partial charge in [0.05, 0.1) is 12.2 Å². The Balaban J connectivity index is 1.54. The Hall–Kier alpha value is -3.60. The highest BCUT2D eigenvalue weighted by Gasteiger charge is 2.33. The van der Waals surface area contributed by atoms with E-state index in [4.69, 9.17) is 4.74 Å². The monoisotopic (exact) mass is 414 g/mol. The number of rotatable bonds is 7. The summed E-state index contributed by atoms with van der Waals surface area (Å²) < 4.78 is 5.84. The molecule has 1 heterocycles. The molecule has 0 saturated heterocycles. The number of fused-ring (bicyclic) bond motifs is 1. The summed E-state index contributed by atoms with van der Waals surface area (Å²) in [6, 6.07) is 27.1. The third-order valence-electron chi connectivity index (χ3n) is 5.44. The van der Waals surface area contributed by atoms with Crippen LogP contribution < -0.4 is 14.5 Å². The van der Waals surface area contributed by atoms with E-state index in [0.717, 1.165) is 16.9 Å². The molecule has 0 bridgehead atoms. The van der Waals surface area contributed by atoms with Gasteiger partial charge in [0.25, 0.3) is 5.91 Å². The largest absolute Gasteiger partial charge is 0.478 e. The normalized spacial score (nSPS) is 15.2. The lowest BCUT2D eigenvalue weighted by atomic mass is 10.1. The number of nitrogens with zero attached hydrogens (tertiary/aromatic N) is 2. The molecule has 0 aromatic heterocycles. The van der Waals surface area contributed by atoms with E-state index < -0.39 is 6.10 Å². The summed E-state index contributed by atoms with van der Waals surface area (Å²) in [6.45, 7) is 2.72. The van der Waals surface area contributed by atoms with Gasteiger partial charge in [0.15, 0.2) is 6.10 Å². The molecule has 31 heavy (non-hydrogen) atoms. The van der Waals surface area contributed by atoms with Crippen molar-refractivity contribution in [3.8, 4) is 5.75 Å². The van der Waals surface area contributed by atoms with E-state index in [1.54, 1.807) is 9.80 Å². The molecule has 0 radical (unpaired) electrons. The van der Waals surface area contributed by atoms with Gasteiger partial charge in [-0.15, -0.1) is 0 Å². The predicted octanol–water partition coefficient (Wildman–Crippen LogP) is 4.81. The third-order valence-corrected chi connectivity index (χ3v) is 5.44. The molecule has 0 saturated carbocycles. The molecule has 0 N–H and O–H groups in total. The maximum absolute atomic E-state index is 13.3. The van der Waals surface area contributed by atoms with E-state index >= 15 is 0 Å². The lowest BCUT2D eigenvalue weighted by Crippen LogP contribution is -2.47. The van der Waals surface area contributed by atoms with Crippen LogP contribution in [0.5, 0.6) is 5.75 Å². The summed E-state index contributed by atoms with van der Waals surface area (Å²) in [5, 5.41) is 0. The number of amides is 2. The van der Waals surface area contributed by atoms with Gasteiger partial charge in [-0.3, -0.25) is 9.59 Å². The van der Waals surface area contributed by atoms with Gasteiger partial charge < -0.3 is 14.5 Å². The van der Waals surface area contributed by atoms with Crippen LogP contribution in [0.25, 0.3) is 0 Å². The van der Waals surface area contributed by atoms with Gasteiger partial charge in [-0.1, -0.05) is 67.6 Å². The highest BCUT2D eigenvalue weighted by Crippen LogP contribution is 2.34. The van der Waals surface area contributed by atoms with Gasteiger partial charge in [-0.25, -0.2) is 0 Å². The molecule has 0 aliphatic carbocycles. The van der Waals surface area contributed by atoms with E-state index in [1.807, 2.05) is 91.9 Å². The van der Waals surface area contributed by atoms with Gasteiger partial charge >= 0.3 is 0 Å². The summed E-state index contributed by atoms with van der Waals surface area (Å²) in [7, 11) is 0. The number of hydrogen-bond acceptors (Lipinski definition) is 3. The minimum atomic E-state index is -0.514. The number of carbonyl (C=O) groups is 2. The Morgan fingerprint density at radius 3 is 2.29 bits per heavy atom. The van der Waals surface area contributed by atoms with Gasteiger partial charge in [0.1, 0.15) is 5.75 Å². The number of hydrogen-bond donors (Lipinski definition) is 0. The third kappa shape index (κ3) is 4.61. The van der Waals surface area contributed by atoms with Crippen molar-refractivity contribution in [3.63, 3.8) is 0 Å². The molecule has 1 atom stereocenters. The number of carbonyl (C=O) groups excluding carboxylic acids is 2. The molecule has 4 rings (SSSR count). The van der Waals surface area contributed by atoms with Crippen LogP contribution in [0.2, 0.25) is 0 Å². The molecular formula is C26H26N2O3. The van der Waals surface area contributed by atoms with Gasteiger partial charge in [0, 0.05) is 18.7 Å². The fraction of sp³-hybridized carbons (Fsp3) is 0.231. The molecule has 158 valence electrons. The molecule has 2 amide bonds. The quantitative estimate of drug-likeness (QED) is 0.557. The smallest absolute Gasteiger partial charge is 0.268 e. The van der Waals surface area contributed by atoms with Crippen LogP contribution in [-0.2, 0) is 16.1 Å². The average Bonchev–Trinajstić information content (AvgIpc) is 2.82. The topological polar surface area (TPSA) is 49.9 Å². The maximum Gasteiger partial charge on any atom is 0.268 e. The van der Waals surface area contributed by atoms with Crippen LogP contribution in [0.15, 0.2) is 84.9 Å². The summed E-state index contributed by atoms with van der Waals surface area (Å²) in [4.78, 5) is 29.7. The van der Waals surface area contributed by atoms with Crippen LogP contribution in [0, 0.1) is 0 Å². The SMILES string of the molecule is CCC1Oc2ccccc2N(CCC(=O)N(Cc2ccccc2)c2ccccc2)C1=O. The maximum atomic E-state index is 13.3. The van der Waals surface area contributed by atoms with E-state index in [0.29, 0.717) is 25.3 Å². The first-order valence-electron chi connectivity index (χ1n) is 10.6. The second-order valence-corrected chi connectivity index (χ2v) is 7.52. The number of ether oxygens (including phenoxy) is 1. The minimum Gasteiger partial charge on any atom is -0.478 e. The second-order valence-electron chi connectivity index (χ2n) is 7.52. The number of para-hydroxylation sites is 3. The molecule has 5 heteroatoms. The Kier molecular flexibility index (Phi) is 6.32. The van der Waals surface area contributed by atoms with Crippen molar-refractivity contribution in [2.45, 2.75) is 32.4 Å². The van der Waals surface area contributed by atoms with Crippen molar-refractivity contribution >= 4 is 23.2 Å². The van der Waals surface area contributed by atoms with Crippen molar-refractivity contribution in [2.24, 2.45) is 0 Å². The first-order chi connectivity index (χ1) is 15.2. The Labute approximate surface area is 182 Å². The van der Waals surface area contributed by atoms with Crippen molar-refractivity contribution in [1.82, 2.24) is 0 Å². The summed E-state index contributed by atoms with van der Waals surface area (Å²) in [5.41, 5.74) is 2.62. The predicted molar refractivity (Wildman–Crippen MR) is 122 cm³/mol. The highest BCUT2D eigenvalue weighted by atomic mass is 16.5. The Bertz CT molecular complexity index is 1040. The first-order valence-corrected chi connectivity index (χ1v) is 10.6. The fourth-order valence-electron chi connectivity index (χ4n) is 3.80. The lowest BCUT2D eigenvalue weighted by Gasteiger charge is -2.34. The molecular weight excluding hydrogens is 388 g/mol. The van der Waals surface area contributed by atoms with E-state index in [9.17, 15) is 9.59 Å². The van der Waals surface area contributed by atoms with Gasteiger partial charge in [-0.05, 0) is 36.2 Å². The van der Waals surface area contributed by atoms with Crippen molar-refractivity contribution in [2.75, 3.05) is 16.3 Å². The molecule has 1 unspecified atom stereocenters. The van der Waals surface area contributed by atoms with Crippen LogP contribution in [0.1, 0.15) is 25.3 Å². The molecule has 5 nitrogen and oxygen atoms in total. The lowest BCUT2D eigenvalue weighted by molar-refractivity contribution is -0.126. The van der Waals surface area contributed by atoms with Crippen LogP contribution in [-0.4, -0.2) is 24.5 Å². The fourth-order valence-corrected chi connectivity index (χ4v) is 3.80. The second kappa shape index (κ2) is 9.47. The van der Waals surface area contributed by atoms with Crippen molar-refractivity contribution in [3.05, 3.63) is 90.5 Å². The Morgan fingerprint density at radius 2 is 1.58 bits per heavy atom. The number of anilines is 2. The zero-order valence-electron chi connectivity index (χ0n) is 17.6. The van der Waals surface area contributed by atoms with E-state index in [1.165, 1.54) is 0 Å². The zero-order chi connectivity index (χ0) is 21.6. The summed E-state index contributed by atoms with van der Waals surface area (Å²) in [5.74, 6) is 0.564. The zero-order valence-corrected chi connectivity index (χ0v) is 17.6. The van der Waals surface area contributed by atoms with Crippen LogP contribution in [0.4, 0.5) is 11.4 Å². The van der Waals surface area contributed by atoms with Gasteiger partial charge in [-0.2, -0.15) is 0 Å². The van der Waals surface area contributed by atoms with E-state index in [2.05, 4.69) is 0 Å². The van der Waals surface area contributed by atoms with Crippen LogP contribution >= 0.6 is 0 Å². The first kappa shape index (κ1) is 20.7. The molecule has 0 spiro atoms. The summed E-state index contributed by atoms with van der Waals surface area (Å²) >= 11 is 0. The summed E-state index contributed by atoms with van der Waals surface area (Å²) in [6.07, 6.45) is 0.291. The molecule has 0 fully saturated rings. The van der Waals surface area contributed by atoms with Crippen LogP contribution in [0.3, 0.4) is 0 Å². The van der Waals surface area contributed by atoms with Crippen molar-refractivity contribution < 1.29 is 14.3 Å². The molecule has 1 aliphatic rings. The molecule has 1 aliphatic heterocycles. The molecule has 3 aromatic rings. The average molecular weight is 415 g/mol. The molecule has 3 aromatic carbocycles. The Morgan fingerprint density at radius 1 is 0.935 bits per heavy atom. The van der Waals surface area contributed by atoms with E-state index in [-0.39, 0.29) is 18.2 Å². The van der Waals surface area contributed by atoms with Gasteiger partial charge in [0.2, 0.25) is 5.91 Å². The minimum absolute atomic E-state index is 0.0279.